The fourth-order valence-corrected chi connectivity index (χ4v) is 2.57. The van der Waals surface area contributed by atoms with Crippen LogP contribution in [0.2, 0.25) is 0 Å². The molecule has 0 radical (unpaired) electrons. The molecule has 156 valence electrons. The van der Waals surface area contributed by atoms with Crippen molar-refractivity contribution in [3.8, 4) is 28.7 Å². The molecule has 0 aliphatic heterocycles. The number of hydrogen-bond donors (Lipinski definition) is 0. The van der Waals surface area contributed by atoms with E-state index in [1.54, 1.807) is 30.3 Å². The summed E-state index contributed by atoms with van der Waals surface area (Å²) >= 11 is 0. The van der Waals surface area contributed by atoms with Gasteiger partial charge in [-0.2, -0.15) is 0 Å². The van der Waals surface area contributed by atoms with Crippen molar-refractivity contribution in [2.24, 2.45) is 0 Å². The Kier molecular flexibility index (Phi) is 7.70. The number of esters is 1. The molecular formula is C21H24O8. The summed E-state index contributed by atoms with van der Waals surface area (Å²) in [5, 5.41) is 0. The monoisotopic (exact) mass is 404 g/mol. The Labute approximate surface area is 169 Å². The Morgan fingerprint density at radius 2 is 1.41 bits per heavy atom. The average Bonchev–Trinajstić information content (AvgIpc) is 2.74. The summed E-state index contributed by atoms with van der Waals surface area (Å²) < 4.78 is 31.7. The van der Waals surface area contributed by atoms with Crippen LogP contribution in [0, 0.1) is 0 Å². The number of carbonyl (C=O) groups is 2. The van der Waals surface area contributed by atoms with E-state index in [4.69, 9.17) is 28.4 Å². The van der Waals surface area contributed by atoms with Crippen LogP contribution in [0.4, 0.5) is 0 Å². The van der Waals surface area contributed by atoms with E-state index in [9.17, 15) is 9.59 Å². The largest absolute Gasteiger partial charge is 0.493 e. The van der Waals surface area contributed by atoms with Crippen LogP contribution in [0.3, 0.4) is 0 Å². The van der Waals surface area contributed by atoms with Gasteiger partial charge < -0.3 is 28.4 Å². The maximum atomic E-state index is 12.1. The molecule has 8 nitrogen and oxygen atoms in total. The van der Waals surface area contributed by atoms with Gasteiger partial charge in [0.2, 0.25) is 5.75 Å². The zero-order valence-corrected chi connectivity index (χ0v) is 17.1. The maximum absolute atomic E-state index is 12.1. The van der Waals surface area contributed by atoms with Gasteiger partial charge in [-0.3, -0.25) is 4.79 Å². The molecule has 0 atom stereocenters. The first-order valence-corrected chi connectivity index (χ1v) is 8.69. The van der Waals surface area contributed by atoms with Crippen LogP contribution in [0.1, 0.15) is 22.8 Å². The topological polar surface area (TPSA) is 89.5 Å². The van der Waals surface area contributed by atoms with Crippen molar-refractivity contribution in [2.75, 3.05) is 35.0 Å². The first-order valence-electron chi connectivity index (χ1n) is 8.69. The first kappa shape index (κ1) is 21.9. The number of rotatable bonds is 10. The van der Waals surface area contributed by atoms with Gasteiger partial charge in [-0.05, 0) is 42.8 Å². The molecule has 0 aromatic heterocycles. The Morgan fingerprint density at radius 3 is 1.93 bits per heavy atom. The number of Topliss-reactive ketones (excluding diaryl/α,β-unsaturated/α-hetero) is 1. The normalized spacial score (nSPS) is 10.1. The van der Waals surface area contributed by atoms with E-state index >= 15 is 0 Å². The molecule has 0 unspecified atom stereocenters. The van der Waals surface area contributed by atoms with Crippen LogP contribution in [-0.4, -0.2) is 46.8 Å². The van der Waals surface area contributed by atoms with Gasteiger partial charge in [0.25, 0.3) is 0 Å². The van der Waals surface area contributed by atoms with E-state index in [1.807, 2.05) is 0 Å². The van der Waals surface area contributed by atoms with E-state index in [1.165, 1.54) is 35.4 Å². The standard InChI is InChI=1S/C21H24O8/c1-13(22)15-6-7-16(17(10-15)24-2)28-12-20(23)29-11-14-8-18(25-3)21(27-5)19(9-14)26-4/h6-10H,11-12H2,1-5H3. The summed E-state index contributed by atoms with van der Waals surface area (Å²) in [5.74, 6) is 1.40. The molecule has 0 amide bonds. The zero-order valence-electron chi connectivity index (χ0n) is 17.1. The number of ketones is 1. The number of ether oxygens (including phenoxy) is 6. The summed E-state index contributed by atoms with van der Waals surface area (Å²) in [6, 6.07) is 8.11. The Bertz CT molecular complexity index is 850. The van der Waals surface area contributed by atoms with Crippen LogP contribution >= 0.6 is 0 Å². The van der Waals surface area contributed by atoms with Gasteiger partial charge in [-0.1, -0.05) is 0 Å². The van der Waals surface area contributed by atoms with Crippen molar-refractivity contribution in [2.45, 2.75) is 13.5 Å². The van der Waals surface area contributed by atoms with Crippen LogP contribution in [-0.2, 0) is 16.1 Å². The minimum atomic E-state index is -0.573. The molecule has 2 rings (SSSR count). The second-order valence-corrected chi connectivity index (χ2v) is 5.90. The third kappa shape index (κ3) is 5.54. The summed E-state index contributed by atoms with van der Waals surface area (Å²) in [7, 11) is 5.97. The molecule has 0 aliphatic rings. The van der Waals surface area contributed by atoms with Gasteiger partial charge in [0.1, 0.15) is 6.61 Å². The lowest BCUT2D eigenvalue weighted by Crippen LogP contribution is -2.15. The Morgan fingerprint density at radius 1 is 0.793 bits per heavy atom. The number of hydrogen-bond acceptors (Lipinski definition) is 8. The van der Waals surface area contributed by atoms with Crippen molar-refractivity contribution in [3.63, 3.8) is 0 Å². The van der Waals surface area contributed by atoms with E-state index < -0.39 is 5.97 Å². The molecule has 0 heterocycles. The highest BCUT2D eigenvalue weighted by molar-refractivity contribution is 5.94. The average molecular weight is 404 g/mol. The van der Waals surface area contributed by atoms with E-state index in [0.29, 0.717) is 39.9 Å². The summed E-state index contributed by atoms with van der Waals surface area (Å²) in [5.41, 5.74) is 1.15. The highest BCUT2D eigenvalue weighted by Crippen LogP contribution is 2.38. The molecular weight excluding hydrogens is 380 g/mol. The van der Waals surface area contributed by atoms with Crippen LogP contribution in [0.5, 0.6) is 28.7 Å². The molecule has 0 N–H and O–H groups in total. The lowest BCUT2D eigenvalue weighted by Gasteiger charge is -2.14. The molecule has 29 heavy (non-hydrogen) atoms. The minimum Gasteiger partial charge on any atom is -0.493 e. The third-order valence-electron chi connectivity index (χ3n) is 4.04. The van der Waals surface area contributed by atoms with Gasteiger partial charge in [0.15, 0.2) is 35.4 Å². The van der Waals surface area contributed by atoms with Gasteiger partial charge in [0.05, 0.1) is 28.4 Å². The minimum absolute atomic E-state index is 0.000678. The first-order chi connectivity index (χ1) is 13.9. The van der Waals surface area contributed by atoms with Crippen LogP contribution in [0.15, 0.2) is 30.3 Å². The van der Waals surface area contributed by atoms with Gasteiger partial charge >= 0.3 is 5.97 Å². The predicted molar refractivity (Wildman–Crippen MR) is 104 cm³/mol. The van der Waals surface area contributed by atoms with Gasteiger partial charge in [-0.25, -0.2) is 4.79 Å². The molecule has 2 aromatic carbocycles. The molecule has 0 saturated carbocycles. The molecule has 8 heteroatoms. The fourth-order valence-electron chi connectivity index (χ4n) is 2.57. The van der Waals surface area contributed by atoms with Gasteiger partial charge in [0, 0.05) is 5.56 Å². The van der Waals surface area contributed by atoms with E-state index in [0.717, 1.165) is 0 Å². The van der Waals surface area contributed by atoms with Crippen molar-refractivity contribution >= 4 is 11.8 Å². The van der Waals surface area contributed by atoms with E-state index in [-0.39, 0.29) is 19.0 Å². The number of methoxy groups -OCH3 is 4. The second kappa shape index (κ2) is 10.2. The molecule has 0 aliphatic carbocycles. The van der Waals surface area contributed by atoms with Crippen molar-refractivity contribution in [1.29, 1.82) is 0 Å². The molecule has 0 spiro atoms. The fraction of sp³-hybridized carbons (Fsp3) is 0.333. The maximum Gasteiger partial charge on any atom is 0.344 e. The van der Waals surface area contributed by atoms with Crippen LogP contribution < -0.4 is 23.7 Å². The second-order valence-electron chi connectivity index (χ2n) is 5.90. The molecule has 0 bridgehead atoms. The Balaban J connectivity index is 2.00. The lowest BCUT2D eigenvalue weighted by atomic mass is 10.1. The molecule has 0 saturated heterocycles. The molecule has 2 aromatic rings. The zero-order chi connectivity index (χ0) is 21.4. The van der Waals surface area contributed by atoms with Crippen molar-refractivity contribution < 1.29 is 38.0 Å². The van der Waals surface area contributed by atoms with Crippen LogP contribution in [0.25, 0.3) is 0 Å². The molecule has 0 fully saturated rings. The smallest absolute Gasteiger partial charge is 0.344 e. The third-order valence-corrected chi connectivity index (χ3v) is 4.04. The highest BCUT2D eigenvalue weighted by atomic mass is 16.6. The van der Waals surface area contributed by atoms with Gasteiger partial charge in [-0.15, -0.1) is 0 Å². The Hall–Kier alpha value is -3.42. The number of benzene rings is 2. The van der Waals surface area contributed by atoms with Crippen molar-refractivity contribution in [3.05, 3.63) is 41.5 Å². The summed E-state index contributed by atoms with van der Waals surface area (Å²) in [6.07, 6.45) is 0. The summed E-state index contributed by atoms with van der Waals surface area (Å²) in [6.45, 7) is 1.13. The predicted octanol–water partition coefficient (Wildman–Crippen LogP) is 3.05. The summed E-state index contributed by atoms with van der Waals surface area (Å²) in [4.78, 5) is 23.5. The van der Waals surface area contributed by atoms with E-state index in [2.05, 4.69) is 0 Å². The quantitative estimate of drug-likeness (QED) is 0.441. The van der Waals surface area contributed by atoms with Crippen molar-refractivity contribution in [1.82, 2.24) is 0 Å². The SMILES string of the molecule is COc1cc(C(C)=O)ccc1OCC(=O)OCc1cc(OC)c(OC)c(OC)c1. The number of carbonyl (C=O) groups excluding carboxylic acids is 2. The highest BCUT2D eigenvalue weighted by Gasteiger charge is 2.15. The lowest BCUT2D eigenvalue weighted by molar-refractivity contribution is -0.147.